The highest BCUT2D eigenvalue weighted by atomic mass is 19.4. The van der Waals surface area contributed by atoms with E-state index < -0.39 is 195 Å². The maximum atomic E-state index is 14.2. The predicted octanol–water partition coefficient (Wildman–Crippen LogP) is 16.2. The number of para-hydroxylation sites is 2. The molecule has 0 spiro atoms. The second-order valence-corrected chi connectivity index (χ2v) is 17.9. The molecular weight excluding hydrogens is 1150 g/mol. The fourth-order valence-corrected chi connectivity index (χ4v) is 8.94. The Morgan fingerprint density at radius 1 is 0.296 bits per heavy atom. The summed E-state index contributed by atoms with van der Waals surface area (Å²) in [5, 5.41) is 1.20. The van der Waals surface area contributed by atoms with Gasteiger partial charge in [-0.15, -0.1) is 0 Å². The Morgan fingerprint density at radius 2 is 0.568 bits per heavy atom. The van der Waals surface area contributed by atoms with Crippen LogP contribution in [0, 0.1) is 0 Å². The van der Waals surface area contributed by atoms with Crippen molar-refractivity contribution in [3.63, 3.8) is 0 Å². The third-order valence-corrected chi connectivity index (χ3v) is 12.5. The molecule has 7 aromatic carbocycles. The van der Waals surface area contributed by atoms with E-state index in [4.69, 9.17) is 4.74 Å². The summed E-state index contributed by atoms with van der Waals surface area (Å²) >= 11 is 0. The van der Waals surface area contributed by atoms with E-state index in [2.05, 4.69) is 59.2 Å². The molecule has 8 aromatic rings. The van der Waals surface area contributed by atoms with Crippen molar-refractivity contribution >= 4 is 38.9 Å². The predicted molar refractivity (Wildman–Crippen MR) is 246 cm³/mol. The Hall–Kier alpha value is -7.87. The normalized spacial score (nSPS) is 13.2. The van der Waals surface area contributed by atoms with Crippen molar-refractivity contribution < 1.29 is 115 Å². The summed E-state index contributed by atoms with van der Waals surface area (Å²) in [6.07, 6.45) is -54.8. The molecule has 0 unspecified atom stereocenters. The Bertz CT molecular complexity index is 3100. The number of halogens is 24. The quantitative estimate of drug-likeness (QED) is 0.0840. The average molecular weight is 1180 g/mol. The summed E-state index contributed by atoms with van der Waals surface area (Å²) in [6, 6.07) is 24.1. The molecule has 1 aromatic heterocycles. The summed E-state index contributed by atoms with van der Waals surface area (Å²) in [7, 11) is 0. The average Bonchev–Trinajstić information content (AvgIpc) is 3.36. The largest absolute Gasteiger partial charge is 0.416 e. The highest BCUT2D eigenvalue weighted by Crippen LogP contribution is 2.41. The highest BCUT2D eigenvalue weighted by molar-refractivity contribution is 7.20. The van der Waals surface area contributed by atoms with Crippen LogP contribution in [0.15, 0.2) is 170 Å². The van der Waals surface area contributed by atoms with Gasteiger partial charge in [0.1, 0.15) is 11.9 Å². The van der Waals surface area contributed by atoms with Crippen LogP contribution >= 0.6 is 0 Å². The zero-order chi connectivity index (χ0) is 60.1. The summed E-state index contributed by atoms with van der Waals surface area (Å²) in [5.41, 5.74) is -27.8. The number of pyridine rings is 1. The number of hydrogen-bond acceptors (Lipinski definition) is 1. The topological polar surface area (TPSA) is 13.1 Å². The lowest BCUT2D eigenvalue weighted by Crippen LogP contribution is -2.75. The molecule has 8 rings (SSSR count). The van der Waals surface area contributed by atoms with Crippen LogP contribution in [-0.4, -0.2) is 6.15 Å². The molecule has 0 fully saturated rings. The third kappa shape index (κ3) is 13.8. The van der Waals surface area contributed by atoms with Crippen molar-refractivity contribution in [1.29, 1.82) is 0 Å². The van der Waals surface area contributed by atoms with Gasteiger partial charge in [-0.25, -0.2) is 0 Å². The van der Waals surface area contributed by atoms with Crippen LogP contribution in [-0.2, 0) is 56.0 Å². The molecule has 1 heterocycles. The lowest BCUT2D eigenvalue weighted by Gasteiger charge is -2.46. The lowest BCUT2D eigenvalue weighted by molar-refractivity contribution is -0.666. The van der Waals surface area contributed by atoms with Gasteiger partial charge in [0.25, 0.3) is 0 Å². The summed E-state index contributed by atoms with van der Waals surface area (Å²) in [4.78, 5) is 0. The molecule has 428 valence electrons. The minimum atomic E-state index is -6.13. The van der Waals surface area contributed by atoms with Gasteiger partial charge in [0, 0.05) is 17.0 Å². The molecule has 0 amide bonds. The SMILES string of the molecule is FC(F)(F)c1cc([B-](c2cc(C(F)(F)F)cc(C(F)(F)F)c2)(c2cc(C(F)(F)F)cc(C(F)(F)F)c2)c2cc(C(F)(F)F)cc(C(F)(F)F)c2)cc(C(F)(F)F)c1.c1ccc(C[n+]2c(Oc3ccccc3)ccc3ccccc32)cc1. The zero-order valence-corrected chi connectivity index (χ0v) is 39.9. The molecule has 0 aliphatic rings. The molecule has 0 atom stereocenters. The first kappa shape index (κ1) is 60.8. The van der Waals surface area contributed by atoms with Crippen LogP contribution in [0.4, 0.5) is 105 Å². The molecule has 0 N–H and O–H groups in total. The van der Waals surface area contributed by atoms with Crippen LogP contribution < -0.4 is 31.2 Å². The van der Waals surface area contributed by atoms with Crippen LogP contribution in [0.2, 0.25) is 0 Å². The monoisotopic (exact) mass is 1180 g/mol. The third-order valence-electron chi connectivity index (χ3n) is 12.5. The number of rotatable bonds is 8. The van der Waals surface area contributed by atoms with E-state index in [1.54, 1.807) is 0 Å². The Balaban J connectivity index is 0.000000323. The minimum absolute atomic E-state index is 0.691. The first-order valence-corrected chi connectivity index (χ1v) is 22.7. The van der Waals surface area contributed by atoms with E-state index in [1.807, 2.05) is 42.5 Å². The molecule has 0 bridgehead atoms. The van der Waals surface area contributed by atoms with Crippen LogP contribution in [0.5, 0.6) is 11.6 Å². The number of hydrogen-bond donors (Lipinski definition) is 0. The number of nitrogens with zero attached hydrogens (tertiary/aromatic N) is 1. The Labute approximate surface area is 440 Å². The van der Waals surface area contributed by atoms with E-state index in [9.17, 15) is 105 Å². The highest BCUT2D eigenvalue weighted by Gasteiger charge is 2.47. The minimum Gasteiger partial charge on any atom is -0.405 e. The first-order chi connectivity index (χ1) is 37.2. The molecule has 81 heavy (non-hydrogen) atoms. The molecule has 2 nitrogen and oxygen atoms in total. The Morgan fingerprint density at radius 3 is 0.864 bits per heavy atom. The first-order valence-electron chi connectivity index (χ1n) is 22.7. The smallest absolute Gasteiger partial charge is 0.405 e. The van der Waals surface area contributed by atoms with Gasteiger partial charge in [0.15, 0.2) is 6.54 Å². The molecule has 0 saturated heterocycles. The van der Waals surface area contributed by atoms with Gasteiger partial charge in [-0.1, -0.05) is 109 Å². The van der Waals surface area contributed by atoms with E-state index in [1.165, 1.54) is 10.9 Å². The molecule has 0 saturated carbocycles. The van der Waals surface area contributed by atoms with Crippen molar-refractivity contribution in [2.75, 3.05) is 0 Å². The van der Waals surface area contributed by atoms with E-state index in [0.717, 1.165) is 23.7 Å². The lowest BCUT2D eigenvalue weighted by atomic mass is 9.12. The maximum absolute atomic E-state index is 14.2. The van der Waals surface area contributed by atoms with Gasteiger partial charge < -0.3 is 4.74 Å². The van der Waals surface area contributed by atoms with E-state index in [0.29, 0.717) is 0 Å². The van der Waals surface area contributed by atoms with E-state index >= 15 is 0 Å². The number of fused-ring (bicyclic) bond motifs is 1. The fraction of sp³-hybridized carbons (Fsp3) is 0.167. The number of alkyl halides is 24. The Kier molecular flexibility index (Phi) is 16.2. The summed E-state index contributed by atoms with van der Waals surface area (Å²) in [6.45, 7) is 0.768. The van der Waals surface area contributed by atoms with Gasteiger partial charge >= 0.3 is 55.3 Å². The molecule has 0 aliphatic heterocycles. The summed E-state index contributed by atoms with van der Waals surface area (Å²) in [5.74, 6) is 1.68. The van der Waals surface area contributed by atoms with Crippen molar-refractivity contribution in [3.05, 3.63) is 220 Å². The number of benzene rings is 7. The van der Waals surface area contributed by atoms with Gasteiger partial charge in [0.2, 0.25) is 5.52 Å². The van der Waals surface area contributed by atoms with Crippen molar-refractivity contribution in [2.45, 2.75) is 56.0 Å². The molecule has 0 aliphatic carbocycles. The summed E-state index contributed by atoms with van der Waals surface area (Å²) < 4.78 is 349. The fourth-order valence-electron chi connectivity index (χ4n) is 8.94. The van der Waals surface area contributed by atoms with E-state index in [-0.39, 0.29) is 0 Å². The molecular formula is C54H30BF24NO. The van der Waals surface area contributed by atoms with Crippen molar-refractivity contribution in [3.8, 4) is 11.6 Å². The van der Waals surface area contributed by atoms with Gasteiger partial charge in [-0.2, -0.15) is 132 Å². The number of ether oxygens (including phenoxy) is 1. The standard InChI is InChI=1S/C32H12BF24.C22H18NO/c34-25(35,36)13-1-14(26(37,38)39)6-21(5-13)33(22-7-15(27(40,41)42)2-16(8-22)28(43,44)45,23-9-17(29(46,47)48)3-18(10-23)30(49,50)51)24-11-19(31(52,53)54)4-20(12-24)32(55,56)57;1-3-9-18(10-4-1)17-23-21-14-8-7-11-19(21)15-16-22(23)24-20-12-5-2-6-13-20/h1-12H;1-16H,17H2/q-1;+1. The second-order valence-electron chi connectivity index (χ2n) is 17.9. The van der Waals surface area contributed by atoms with Crippen LogP contribution in [0.1, 0.15) is 50.1 Å². The van der Waals surface area contributed by atoms with Crippen molar-refractivity contribution in [1.82, 2.24) is 0 Å². The van der Waals surface area contributed by atoms with Gasteiger partial charge in [-0.3, -0.25) is 0 Å². The van der Waals surface area contributed by atoms with Gasteiger partial charge in [-0.05, 0) is 48.5 Å². The number of aromatic nitrogens is 1. The second kappa shape index (κ2) is 21.6. The maximum Gasteiger partial charge on any atom is 0.416 e. The van der Waals surface area contributed by atoms with Gasteiger partial charge in [0.05, 0.1) is 50.6 Å². The van der Waals surface area contributed by atoms with Crippen molar-refractivity contribution in [2.24, 2.45) is 0 Å². The van der Waals surface area contributed by atoms with Crippen LogP contribution in [0.3, 0.4) is 0 Å². The molecule has 0 radical (unpaired) electrons. The zero-order valence-electron chi connectivity index (χ0n) is 39.9. The molecule has 27 heteroatoms. The van der Waals surface area contributed by atoms with Crippen LogP contribution in [0.25, 0.3) is 10.9 Å².